The molecular formula is C13H24N4. The first kappa shape index (κ1) is 12.6. The van der Waals surface area contributed by atoms with E-state index in [0.29, 0.717) is 0 Å². The Morgan fingerprint density at radius 1 is 1.29 bits per heavy atom. The van der Waals surface area contributed by atoms with E-state index >= 15 is 0 Å². The maximum Gasteiger partial charge on any atom is 0.0536 e. The van der Waals surface area contributed by atoms with Gasteiger partial charge in [0.05, 0.1) is 6.54 Å². The summed E-state index contributed by atoms with van der Waals surface area (Å²) < 4.78 is 2.02. The summed E-state index contributed by atoms with van der Waals surface area (Å²) >= 11 is 0. The van der Waals surface area contributed by atoms with Gasteiger partial charge in [-0.05, 0) is 38.4 Å². The molecular weight excluding hydrogens is 212 g/mol. The fourth-order valence-electron chi connectivity index (χ4n) is 2.70. The van der Waals surface area contributed by atoms with Crippen LogP contribution in [0.3, 0.4) is 0 Å². The van der Waals surface area contributed by atoms with E-state index in [-0.39, 0.29) is 0 Å². The highest BCUT2D eigenvalue weighted by molar-refractivity contribution is 4.80. The van der Waals surface area contributed by atoms with E-state index in [0.717, 1.165) is 38.6 Å². The molecule has 1 fully saturated rings. The van der Waals surface area contributed by atoms with E-state index in [1.807, 2.05) is 23.1 Å². The van der Waals surface area contributed by atoms with Crippen LogP contribution >= 0.6 is 0 Å². The number of hydrogen-bond donors (Lipinski definition) is 1. The molecule has 96 valence electrons. The van der Waals surface area contributed by atoms with Gasteiger partial charge in [-0.2, -0.15) is 5.10 Å². The van der Waals surface area contributed by atoms with E-state index in [9.17, 15) is 0 Å². The molecule has 1 aromatic heterocycles. The Bertz CT molecular complexity index is 290. The summed E-state index contributed by atoms with van der Waals surface area (Å²) in [4.78, 5) is 2.61. The van der Waals surface area contributed by atoms with Crippen LogP contribution in [-0.4, -0.2) is 40.4 Å². The van der Waals surface area contributed by atoms with Crippen molar-refractivity contribution in [3.05, 3.63) is 18.5 Å². The van der Waals surface area contributed by atoms with Crippen molar-refractivity contribution >= 4 is 0 Å². The molecule has 0 bridgehead atoms. The lowest BCUT2D eigenvalue weighted by atomic mass is 10.2. The maximum absolute atomic E-state index is 5.62. The molecule has 1 aliphatic carbocycles. The third kappa shape index (κ3) is 3.82. The topological polar surface area (TPSA) is 47.1 Å². The molecule has 17 heavy (non-hydrogen) atoms. The molecule has 1 heterocycles. The van der Waals surface area contributed by atoms with Crippen LogP contribution in [-0.2, 0) is 6.54 Å². The fraction of sp³-hybridized carbons (Fsp3) is 0.769. The predicted octanol–water partition coefficient (Wildman–Crippen LogP) is 1.48. The van der Waals surface area contributed by atoms with E-state index in [2.05, 4.69) is 10.00 Å². The Morgan fingerprint density at radius 3 is 2.76 bits per heavy atom. The number of hydrogen-bond acceptors (Lipinski definition) is 3. The second-order valence-electron chi connectivity index (χ2n) is 4.89. The molecule has 4 heteroatoms. The quantitative estimate of drug-likeness (QED) is 0.780. The second kappa shape index (κ2) is 6.77. The molecule has 2 N–H and O–H groups in total. The average Bonchev–Trinajstić information content (AvgIpc) is 3.01. The number of aromatic nitrogens is 2. The summed E-state index contributed by atoms with van der Waals surface area (Å²) in [6.07, 6.45) is 10.5. The first-order valence-corrected chi connectivity index (χ1v) is 6.81. The summed E-state index contributed by atoms with van der Waals surface area (Å²) in [5.41, 5.74) is 5.62. The van der Waals surface area contributed by atoms with E-state index in [4.69, 9.17) is 5.73 Å². The van der Waals surface area contributed by atoms with E-state index in [1.54, 1.807) is 0 Å². The van der Waals surface area contributed by atoms with Crippen LogP contribution in [0.15, 0.2) is 18.5 Å². The van der Waals surface area contributed by atoms with Crippen molar-refractivity contribution in [1.82, 2.24) is 14.7 Å². The number of nitrogens with two attached hydrogens (primary N) is 1. The first-order valence-electron chi connectivity index (χ1n) is 6.81. The Morgan fingerprint density at radius 2 is 2.12 bits per heavy atom. The van der Waals surface area contributed by atoms with Gasteiger partial charge in [0, 0.05) is 25.0 Å². The lowest BCUT2D eigenvalue weighted by Crippen LogP contribution is -2.37. The Hall–Kier alpha value is -0.870. The van der Waals surface area contributed by atoms with Crippen molar-refractivity contribution in [3.63, 3.8) is 0 Å². The van der Waals surface area contributed by atoms with Gasteiger partial charge >= 0.3 is 0 Å². The Kier molecular flexibility index (Phi) is 5.01. The molecule has 1 aliphatic rings. The summed E-state index contributed by atoms with van der Waals surface area (Å²) in [6, 6.07) is 2.77. The SMILES string of the molecule is NCCCN(CCn1cccn1)C1CCCC1. The van der Waals surface area contributed by atoms with Crippen LogP contribution in [0.2, 0.25) is 0 Å². The Labute approximate surface area is 104 Å². The van der Waals surface area contributed by atoms with E-state index in [1.165, 1.54) is 25.7 Å². The zero-order chi connectivity index (χ0) is 11.9. The maximum atomic E-state index is 5.62. The number of nitrogens with zero attached hydrogens (tertiary/aromatic N) is 3. The predicted molar refractivity (Wildman–Crippen MR) is 69.7 cm³/mol. The van der Waals surface area contributed by atoms with Crippen LogP contribution in [0.4, 0.5) is 0 Å². The van der Waals surface area contributed by atoms with Crippen molar-refractivity contribution < 1.29 is 0 Å². The van der Waals surface area contributed by atoms with Gasteiger partial charge in [-0.1, -0.05) is 12.8 Å². The molecule has 4 nitrogen and oxygen atoms in total. The molecule has 2 rings (SSSR count). The monoisotopic (exact) mass is 236 g/mol. The minimum atomic E-state index is 0.789. The zero-order valence-electron chi connectivity index (χ0n) is 10.6. The van der Waals surface area contributed by atoms with Crippen molar-refractivity contribution in [1.29, 1.82) is 0 Å². The summed E-state index contributed by atoms with van der Waals surface area (Å²) in [5, 5.41) is 4.26. The highest BCUT2D eigenvalue weighted by Crippen LogP contribution is 2.23. The molecule has 0 aromatic carbocycles. The van der Waals surface area contributed by atoms with Crippen LogP contribution in [0.5, 0.6) is 0 Å². The molecule has 0 radical (unpaired) electrons. The van der Waals surface area contributed by atoms with Crippen molar-refractivity contribution in [3.8, 4) is 0 Å². The molecule has 1 aromatic rings. The summed E-state index contributed by atoms with van der Waals surface area (Å²) in [7, 11) is 0. The van der Waals surface area contributed by atoms with Crippen molar-refractivity contribution in [2.24, 2.45) is 5.73 Å². The van der Waals surface area contributed by atoms with Crippen LogP contribution in [0, 0.1) is 0 Å². The van der Waals surface area contributed by atoms with Gasteiger partial charge in [0.25, 0.3) is 0 Å². The molecule has 0 saturated heterocycles. The van der Waals surface area contributed by atoms with Gasteiger partial charge in [0.2, 0.25) is 0 Å². The summed E-state index contributed by atoms with van der Waals surface area (Å²) in [6.45, 7) is 4.04. The van der Waals surface area contributed by atoms with Gasteiger partial charge in [0.1, 0.15) is 0 Å². The highest BCUT2D eigenvalue weighted by Gasteiger charge is 2.21. The molecule has 0 spiro atoms. The zero-order valence-corrected chi connectivity index (χ0v) is 10.6. The van der Waals surface area contributed by atoms with Gasteiger partial charge in [-0.3, -0.25) is 9.58 Å². The largest absolute Gasteiger partial charge is 0.330 e. The van der Waals surface area contributed by atoms with Gasteiger partial charge < -0.3 is 5.73 Å². The smallest absolute Gasteiger partial charge is 0.0536 e. The van der Waals surface area contributed by atoms with Crippen LogP contribution in [0.1, 0.15) is 32.1 Å². The molecule has 0 aliphatic heterocycles. The molecule has 1 saturated carbocycles. The lowest BCUT2D eigenvalue weighted by Gasteiger charge is -2.28. The molecule has 0 amide bonds. The Balaban J connectivity index is 1.81. The molecule has 0 atom stereocenters. The second-order valence-corrected chi connectivity index (χ2v) is 4.89. The van der Waals surface area contributed by atoms with Gasteiger partial charge in [-0.15, -0.1) is 0 Å². The lowest BCUT2D eigenvalue weighted by molar-refractivity contribution is 0.187. The number of rotatable bonds is 7. The first-order chi connectivity index (χ1) is 8.40. The van der Waals surface area contributed by atoms with Crippen LogP contribution < -0.4 is 5.73 Å². The summed E-state index contributed by atoms with van der Waals surface area (Å²) in [5.74, 6) is 0. The van der Waals surface area contributed by atoms with E-state index < -0.39 is 0 Å². The highest BCUT2D eigenvalue weighted by atomic mass is 15.3. The molecule has 0 unspecified atom stereocenters. The standard InChI is InChI=1S/C13H24N4/c14-7-3-9-16(13-5-1-2-6-13)11-12-17-10-4-8-15-17/h4,8,10,13H,1-3,5-7,9,11-12,14H2. The van der Waals surface area contributed by atoms with Gasteiger partial charge in [0.15, 0.2) is 0 Å². The normalized spacial score (nSPS) is 17.1. The van der Waals surface area contributed by atoms with Crippen LogP contribution in [0.25, 0.3) is 0 Å². The average molecular weight is 236 g/mol. The third-order valence-corrected chi connectivity index (χ3v) is 3.67. The minimum Gasteiger partial charge on any atom is -0.330 e. The van der Waals surface area contributed by atoms with Gasteiger partial charge in [-0.25, -0.2) is 0 Å². The van der Waals surface area contributed by atoms with Crippen molar-refractivity contribution in [2.75, 3.05) is 19.6 Å². The third-order valence-electron chi connectivity index (χ3n) is 3.67. The minimum absolute atomic E-state index is 0.789. The fourth-order valence-corrected chi connectivity index (χ4v) is 2.70. The van der Waals surface area contributed by atoms with Crippen molar-refractivity contribution in [2.45, 2.75) is 44.7 Å².